The zero-order valence-corrected chi connectivity index (χ0v) is 4.33. The maximum absolute atomic E-state index is 11.7. The predicted octanol–water partition coefficient (Wildman–Crippen LogP) is 0.592. The lowest BCUT2D eigenvalue weighted by molar-refractivity contribution is -0.116. The SMILES string of the molecule is NC(=O)C(F)=C(F)CF. The van der Waals surface area contributed by atoms with Gasteiger partial charge in [-0.3, -0.25) is 4.79 Å². The van der Waals surface area contributed by atoms with Crippen LogP contribution < -0.4 is 5.73 Å². The zero-order valence-electron chi connectivity index (χ0n) is 4.33. The first-order chi connectivity index (χ1) is 4.09. The standard InChI is InChI=1S/C4H4F3NO/c5-1-2(6)3(7)4(8)9/h1H2,(H2,8,9). The molecule has 0 aliphatic rings. The summed E-state index contributed by atoms with van der Waals surface area (Å²) in [5.74, 6) is -5.20. The molecule has 0 spiro atoms. The van der Waals surface area contributed by atoms with Crippen molar-refractivity contribution >= 4 is 5.91 Å². The molecule has 0 aromatic heterocycles. The van der Waals surface area contributed by atoms with E-state index in [2.05, 4.69) is 5.73 Å². The van der Waals surface area contributed by atoms with Gasteiger partial charge in [-0.25, -0.2) is 8.78 Å². The molecule has 2 nitrogen and oxygen atoms in total. The third-order valence-electron chi connectivity index (χ3n) is 0.572. The van der Waals surface area contributed by atoms with Crippen molar-refractivity contribution in [1.29, 1.82) is 0 Å². The number of hydrogen-bond donors (Lipinski definition) is 1. The first-order valence-corrected chi connectivity index (χ1v) is 1.99. The molecule has 0 radical (unpaired) electrons. The molecule has 0 aromatic rings. The molecule has 1 amide bonds. The van der Waals surface area contributed by atoms with Crippen LogP contribution in [0.25, 0.3) is 0 Å². The monoisotopic (exact) mass is 139 g/mol. The lowest BCUT2D eigenvalue weighted by Crippen LogP contribution is -2.12. The fraction of sp³-hybridized carbons (Fsp3) is 0.250. The summed E-state index contributed by atoms with van der Waals surface area (Å²) in [5, 5.41) is 0. The molecule has 0 rings (SSSR count). The van der Waals surface area contributed by atoms with E-state index in [-0.39, 0.29) is 0 Å². The van der Waals surface area contributed by atoms with Gasteiger partial charge in [0.1, 0.15) is 6.67 Å². The van der Waals surface area contributed by atoms with Crippen LogP contribution in [0.4, 0.5) is 13.2 Å². The summed E-state index contributed by atoms with van der Waals surface area (Å²) < 4.78 is 34.4. The molecule has 0 saturated heterocycles. The van der Waals surface area contributed by atoms with E-state index in [4.69, 9.17) is 0 Å². The summed E-state index contributed by atoms with van der Waals surface area (Å²) in [5.41, 5.74) is 4.23. The number of primary amides is 1. The number of nitrogens with two attached hydrogens (primary N) is 1. The van der Waals surface area contributed by atoms with E-state index in [0.29, 0.717) is 0 Å². The second-order valence-electron chi connectivity index (χ2n) is 1.22. The molecule has 5 heteroatoms. The Hall–Kier alpha value is -1.00. The fourth-order valence-electron chi connectivity index (χ4n) is 0.192. The van der Waals surface area contributed by atoms with Crippen LogP contribution in [0.5, 0.6) is 0 Å². The quantitative estimate of drug-likeness (QED) is 0.559. The van der Waals surface area contributed by atoms with Gasteiger partial charge in [0.2, 0.25) is 5.83 Å². The van der Waals surface area contributed by atoms with Crippen LogP contribution in [0, 0.1) is 0 Å². The second kappa shape index (κ2) is 3.11. The lowest BCUT2D eigenvalue weighted by Gasteiger charge is -1.88. The minimum absolute atomic E-state index is 1.59. The summed E-state index contributed by atoms with van der Waals surface area (Å²) in [6.07, 6.45) is 0. The molecule has 0 bridgehead atoms. The Balaban J connectivity index is 4.28. The summed E-state index contributed by atoms with van der Waals surface area (Å²) in [7, 11) is 0. The zero-order chi connectivity index (χ0) is 7.44. The highest BCUT2D eigenvalue weighted by atomic mass is 19.2. The summed E-state index contributed by atoms with van der Waals surface area (Å²) in [6, 6.07) is 0. The Morgan fingerprint density at radius 2 is 1.89 bits per heavy atom. The molecule has 0 saturated carbocycles. The van der Waals surface area contributed by atoms with Crippen LogP contribution in [0.3, 0.4) is 0 Å². The smallest absolute Gasteiger partial charge is 0.280 e. The molecular formula is C4H4F3NO. The Labute approximate surface area is 49.1 Å². The molecule has 0 fully saturated rings. The maximum atomic E-state index is 11.7. The van der Waals surface area contributed by atoms with Crippen molar-refractivity contribution in [2.75, 3.05) is 6.67 Å². The Kier molecular flexibility index (Phi) is 2.77. The van der Waals surface area contributed by atoms with Gasteiger partial charge in [-0.2, -0.15) is 4.39 Å². The minimum atomic E-state index is -1.85. The lowest BCUT2D eigenvalue weighted by atomic mass is 10.4. The van der Waals surface area contributed by atoms with E-state index in [1.165, 1.54) is 0 Å². The molecular weight excluding hydrogens is 135 g/mol. The van der Waals surface area contributed by atoms with E-state index in [1.54, 1.807) is 0 Å². The van der Waals surface area contributed by atoms with Crippen molar-refractivity contribution in [2.45, 2.75) is 0 Å². The van der Waals surface area contributed by atoms with Crippen LogP contribution in [-0.4, -0.2) is 12.6 Å². The molecule has 9 heavy (non-hydrogen) atoms. The van der Waals surface area contributed by atoms with Crippen LogP contribution in [0.2, 0.25) is 0 Å². The highest BCUT2D eigenvalue weighted by molar-refractivity contribution is 5.90. The average Bonchev–Trinajstić information content (AvgIpc) is 1.84. The van der Waals surface area contributed by atoms with Gasteiger partial charge in [0, 0.05) is 0 Å². The fourth-order valence-corrected chi connectivity index (χ4v) is 0.192. The highest BCUT2D eigenvalue weighted by Gasteiger charge is 2.10. The van der Waals surface area contributed by atoms with Gasteiger partial charge in [-0.1, -0.05) is 0 Å². The molecule has 0 unspecified atom stereocenters. The van der Waals surface area contributed by atoms with Crippen LogP contribution >= 0.6 is 0 Å². The van der Waals surface area contributed by atoms with E-state index in [0.717, 1.165) is 0 Å². The van der Waals surface area contributed by atoms with Gasteiger partial charge in [0.05, 0.1) is 0 Å². The molecule has 0 atom stereocenters. The van der Waals surface area contributed by atoms with Crippen LogP contribution in [-0.2, 0) is 4.79 Å². The highest BCUT2D eigenvalue weighted by Crippen LogP contribution is 2.06. The number of rotatable bonds is 2. The molecule has 0 aliphatic carbocycles. The maximum Gasteiger partial charge on any atom is 0.280 e. The molecule has 0 heterocycles. The van der Waals surface area contributed by atoms with Crippen molar-refractivity contribution in [3.8, 4) is 0 Å². The van der Waals surface area contributed by atoms with Crippen molar-refractivity contribution in [2.24, 2.45) is 5.73 Å². The van der Waals surface area contributed by atoms with Gasteiger partial charge in [0.25, 0.3) is 5.91 Å². The number of carbonyl (C=O) groups is 1. The van der Waals surface area contributed by atoms with Crippen molar-refractivity contribution in [3.05, 3.63) is 11.7 Å². The average molecular weight is 139 g/mol. The number of allylic oxidation sites excluding steroid dienone is 1. The third-order valence-corrected chi connectivity index (χ3v) is 0.572. The van der Waals surface area contributed by atoms with Gasteiger partial charge >= 0.3 is 0 Å². The van der Waals surface area contributed by atoms with E-state index < -0.39 is 24.2 Å². The minimum Gasteiger partial charge on any atom is -0.364 e. The number of amides is 1. The Bertz CT molecular complexity index is 154. The summed E-state index contributed by atoms with van der Waals surface area (Å²) in [6.45, 7) is -1.64. The largest absolute Gasteiger partial charge is 0.364 e. The van der Waals surface area contributed by atoms with Gasteiger partial charge in [-0.15, -0.1) is 0 Å². The van der Waals surface area contributed by atoms with Crippen molar-refractivity contribution in [3.63, 3.8) is 0 Å². The molecule has 0 aromatic carbocycles. The van der Waals surface area contributed by atoms with E-state index in [1.807, 2.05) is 0 Å². The normalized spacial score (nSPS) is 12.8. The number of halogens is 3. The Morgan fingerprint density at radius 1 is 1.44 bits per heavy atom. The number of carbonyl (C=O) groups excluding carboxylic acids is 1. The van der Waals surface area contributed by atoms with Gasteiger partial charge in [0.15, 0.2) is 5.83 Å². The second-order valence-corrected chi connectivity index (χ2v) is 1.22. The Morgan fingerprint density at radius 3 is 2.00 bits per heavy atom. The summed E-state index contributed by atoms with van der Waals surface area (Å²) in [4.78, 5) is 9.68. The number of alkyl halides is 1. The topological polar surface area (TPSA) is 43.1 Å². The molecule has 2 N–H and O–H groups in total. The summed E-state index contributed by atoms with van der Waals surface area (Å²) >= 11 is 0. The van der Waals surface area contributed by atoms with Crippen molar-refractivity contribution in [1.82, 2.24) is 0 Å². The van der Waals surface area contributed by atoms with Crippen molar-refractivity contribution < 1.29 is 18.0 Å². The van der Waals surface area contributed by atoms with Gasteiger partial charge < -0.3 is 5.73 Å². The first kappa shape index (κ1) is 8.00. The van der Waals surface area contributed by atoms with E-state index >= 15 is 0 Å². The first-order valence-electron chi connectivity index (χ1n) is 1.99. The van der Waals surface area contributed by atoms with E-state index in [9.17, 15) is 18.0 Å². The predicted molar refractivity (Wildman–Crippen MR) is 24.4 cm³/mol. The van der Waals surface area contributed by atoms with Crippen LogP contribution in [0.15, 0.2) is 11.7 Å². The van der Waals surface area contributed by atoms with Gasteiger partial charge in [-0.05, 0) is 0 Å². The molecule has 52 valence electrons. The molecule has 0 aliphatic heterocycles. The number of hydrogen-bond acceptors (Lipinski definition) is 1. The van der Waals surface area contributed by atoms with Crippen LogP contribution in [0.1, 0.15) is 0 Å². The third kappa shape index (κ3) is 2.16.